The number of ether oxygens (including phenoxy) is 1. The second kappa shape index (κ2) is 8.92. The molecule has 5 nitrogen and oxygen atoms in total. The van der Waals surface area contributed by atoms with E-state index < -0.39 is 0 Å². The summed E-state index contributed by atoms with van der Waals surface area (Å²) in [5.41, 5.74) is 2.89. The molecular weight excluding hydrogens is 302 g/mol. The van der Waals surface area contributed by atoms with Crippen LogP contribution < -0.4 is 0 Å². The van der Waals surface area contributed by atoms with Gasteiger partial charge in [-0.1, -0.05) is 24.3 Å². The zero-order valence-corrected chi connectivity index (χ0v) is 14.9. The minimum atomic E-state index is -0.263. The highest BCUT2D eigenvalue weighted by molar-refractivity contribution is 5.29. The first kappa shape index (κ1) is 17.8. The highest BCUT2D eigenvalue weighted by atomic mass is 16.5. The third-order valence-electron chi connectivity index (χ3n) is 5.22. The van der Waals surface area contributed by atoms with Gasteiger partial charge in [-0.05, 0) is 17.5 Å². The van der Waals surface area contributed by atoms with E-state index in [4.69, 9.17) is 4.74 Å². The standard InChI is InChI=1S/C19H31N3O2/c1-24-13-12-20-8-10-21(11-9-20)15-19(23)16-22-7-6-17-4-2-3-5-18(17)14-22/h2-5,19,23H,6-16H2,1H3. The molecule has 0 amide bonds. The summed E-state index contributed by atoms with van der Waals surface area (Å²) in [6.07, 6.45) is 0.835. The highest BCUT2D eigenvalue weighted by Gasteiger charge is 2.22. The molecule has 2 aliphatic rings. The van der Waals surface area contributed by atoms with Crippen molar-refractivity contribution < 1.29 is 9.84 Å². The number of aliphatic hydroxyl groups is 1. The topological polar surface area (TPSA) is 39.2 Å². The number of nitrogens with zero attached hydrogens (tertiary/aromatic N) is 3. The van der Waals surface area contributed by atoms with Crippen LogP contribution >= 0.6 is 0 Å². The van der Waals surface area contributed by atoms with Crippen LogP contribution in [0.2, 0.25) is 0 Å². The first-order valence-corrected chi connectivity index (χ1v) is 9.15. The van der Waals surface area contributed by atoms with Crippen molar-refractivity contribution in [3.63, 3.8) is 0 Å². The van der Waals surface area contributed by atoms with Gasteiger partial charge in [-0.3, -0.25) is 14.7 Å². The molecule has 3 rings (SSSR count). The number of piperazine rings is 1. The monoisotopic (exact) mass is 333 g/mol. The van der Waals surface area contributed by atoms with Crippen molar-refractivity contribution in [1.29, 1.82) is 0 Å². The Labute approximate surface area is 145 Å². The number of hydrogen-bond donors (Lipinski definition) is 1. The summed E-state index contributed by atoms with van der Waals surface area (Å²) in [5.74, 6) is 0. The van der Waals surface area contributed by atoms with E-state index in [1.807, 2.05) is 0 Å². The van der Waals surface area contributed by atoms with Gasteiger partial charge in [0.2, 0.25) is 0 Å². The van der Waals surface area contributed by atoms with Gasteiger partial charge < -0.3 is 9.84 Å². The third-order valence-corrected chi connectivity index (χ3v) is 5.22. The molecule has 0 radical (unpaired) electrons. The molecule has 1 unspecified atom stereocenters. The molecule has 1 fully saturated rings. The van der Waals surface area contributed by atoms with Crippen LogP contribution in [0.15, 0.2) is 24.3 Å². The first-order chi connectivity index (χ1) is 11.7. The molecule has 0 saturated carbocycles. The van der Waals surface area contributed by atoms with E-state index >= 15 is 0 Å². The van der Waals surface area contributed by atoms with Crippen molar-refractivity contribution in [1.82, 2.24) is 14.7 Å². The van der Waals surface area contributed by atoms with Crippen LogP contribution in [-0.2, 0) is 17.7 Å². The summed E-state index contributed by atoms with van der Waals surface area (Å²) in [6, 6.07) is 8.68. The van der Waals surface area contributed by atoms with E-state index in [2.05, 4.69) is 39.0 Å². The third kappa shape index (κ3) is 5.01. The van der Waals surface area contributed by atoms with Gasteiger partial charge >= 0.3 is 0 Å². The van der Waals surface area contributed by atoms with Crippen molar-refractivity contribution in [3.05, 3.63) is 35.4 Å². The molecule has 134 valence electrons. The minimum Gasteiger partial charge on any atom is -0.390 e. The summed E-state index contributed by atoms with van der Waals surface area (Å²) < 4.78 is 5.14. The molecule has 0 aliphatic carbocycles. The summed E-state index contributed by atoms with van der Waals surface area (Å²) in [7, 11) is 1.76. The maximum Gasteiger partial charge on any atom is 0.0793 e. The van der Waals surface area contributed by atoms with Crippen molar-refractivity contribution in [2.24, 2.45) is 0 Å². The Morgan fingerprint density at radius 2 is 1.62 bits per heavy atom. The Kier molecular flexibility index (Phi) is 6.63. The maximum atomic E-state index is 10.5. The fourth-order valence-electron chi connectivity index (χ4n) is 3.78. The zero-order valence-electron chi connectivity index (χ0n) is 14.9. The minimum absolute atomic E-state index is 0.263. The quantitative estimate of drug-likeness (QED) is 0.794. The van der Waals surface area contributed by atoms with Gasteiger partial charge in [0.25, 0.3) is 0 Å². The molecule has 1 N–H and O–H groups in total. The molecule has 5 heteroatoms. The van der Waals surface area contributed by atoms with Crippen molar-refractivity contribution in [2.75, 3.05) is 66.1 Å². The van der Waals surface area contributed by atoms with E-state index in [9.17, 15) is 5.11 Å². The SMILES string of the molecule is COCCN1CCN(CC(O)CN2CCc3ccccc3C2)CC1. The van der Waals surface area contributed by atoms with Crippen LogP contribution in [0.3, 0.4) is 0 Å². The van der Waals surface area contributed by atoms with Gasteiger partial charge in [0.05, 0.1) is 12.7 Å². The fourth-order valence-corrected chi connectivity index (χ4v) is 3.78. The van der Waals surface area contributed by atoms with E-state index in [0.29, 0.717) is 0 Å². The summed E-state index contributed by atoms with van der Waals surface area (Å²) >= 11 is 0. The maximum absolute atomic E-state index is 10.5. The number of methoxy groups -OCH3 is 1. The van der Waals surface area contributed by atoms with E-state index in [1.165, 1.54) is 11.1 Å². The molecule has 1 aromatic carbocycles. The number of fused-ring (bicyclic) bond motifs is 1. The normalized spacial score (nSPS) is 21.6. The summed E-state index contributed by atoms with van der Waals surface area (Å²) in [4.78, 5) is 7.22. The molecule has 2 aliphatic heterocycles. The fraction of sp³-hybridized carbons (Fsp3) is 0.684. The number of hydrogen-bond acceptors (Lipinski definition) is 5. The van der Waals surface area contributed by atoms with Crippen molar-refractivity contribution in [3.8, 4) is 0 Å². The molecule has 1 aromatic rings. The Bertz CT molecular complexity index is 503. The molecule has 2 heterocycles. The molecule has 0 aromatic heterocycles. The average molecular weight is 333 g/mol. The largest absolute Gasteiger partial charge is 0.390 e. The number of aliphatic hydroxyl groups excluding tert-OH is 1. The second-order valence-electron chi connectivity index (χ2n) is 7.04. The van der Waals surface area contributed by atoms with Crippen LogP contribution in [0.25, 0.3) is 0 Å². The smallest absolute Gasteiger partial charge is 0.0793 e. The summed E-state index contributed by atoms with van der Waals surface area (Å²) in [5, 5.41) is 10.5. The van der Waals surface area contributed by atoms with Gasteiger partial charge in [-0.25, -0.2) is 0 Å². The van der Waals surface area contributed by atoms with Gasteiger partial charge in [0.1, 0.15) is 0 Å². The molecule has 1 atom stereocenters. The number of β-amino-alcohol motifs (C(OH)–C–C–N with tert-alkyl or cyclic N) is 1. The lowest BCUT2D eigenvalue weighted by molar-refractivity contribution is 0.0419. The van der Waals surface area contributed by atoms with Gasteiger partial charge in [-0.15, -0.1) is 0 Å². The Balaban J connectivity index is 1.38. The van der Waals surface area contributed by atoms with E-state index in [-0.39, 0.29) is 6.10 Å². The molecule has 1 saturated heterocycles. The van der Waals surface area contributed by atoms with Crippen LogP contribution in [0.1, 0.15) is 11.1 Å². The zero-order chi connectivity index (χ0) is 16.8. The van der Waals surface area contributed by atoms with Crippen LogP contribution in [0, 0.1) is 0 Å². The molecule has 0 spiro atoms. The first-order valence-electron chi connectivity index (χ1n) is 9.15. The predicted octanol–water partition coefficient (Wildman–Crippen LogP) is 0.670. The average Bonchev–Trinajstić information content (AvgIpc) is 2.61. The van der Waals surface area contributed by atoms with Crippen molar-refractivity contribution >= 4 is 0 Å². The second-order valence-corrected chi connectivity index (χ2v) is 7.04. The lowest BCUT2D eigenvalue weighted by Crippen LogP contribution is -2.50. The highest BCUT2D eigenvalue weighted by Crippen LogP contribution is 2.18. The lowest BCUT2D eigenvalue weighted by Gasteiger charge is -2.36. The number of benzene rings is 1. The van der Waals surface area contributed by atoms with Gasteiger partial charge in [0, 0.05) is 66.0 Å². The Hall–Kier alpha value is -0.980. The lowest BCUT2D eigenvalue weighted by atomic mass is 10.00. The molecule has 0 bridgehead atoms. The van der Waals surface area contributed by atoms with E-state index in [0.717, 1.165) is 71.9 Å². The van der Waals surface area contributed by atoms with Crippen LogP contribution in [-0.4, -0.2) is 92.0 Å². The Morgan fingerprint density at radius 3 is 2.38 bits per heavy atom. The number of rotatable bonds is 7. The van der Waals surface area contributed by atoms with E-state index in [1.54, 1.807) is 7.11 Å². The van der Waals surface area contributed by atoms with Gasteiger partial charge in [0.15, 0.2) is 0 Å². The predicted molar refractivity (Wildman–Crippen MR) is 96.2 cm³/mol. The summed E-state index contributed by atoms with van der Waals surface area (Å²) in [6.45, 7) is 9.65. The van der Waals surface area contributed by atoms with Crippen molar-refractivity contribution in [2.45, 2.75) is 19.1 Å². The molecular formula is C19H31N3O2. The van der Waals surface area contributed by atoms with Gasteiger partial charge in [-0.2, -0.15) is 0 Å². The van der Waals surface area contributed by atoms with Crippen LogP contribution in [0.4, 0.5) is 0 Å². The Morgan fingerprint density at radius 1 is 0.958 bits per heavy atom. The van der Waals surface area contributed by atoms with Crippen LogP contribution in [0.5, 0.6) is 0 Å². The molecule has 24 heavy (non-hydrogen) atoms.